The minimum atomic E-state index is -0.757. The molecule has 0 aromatic heterocycles. The summed E-state index contributed by atoms with van der Waals surface area (Å²) in [5, 5.41) is 0. The zero-order valence-electron chi connectivity index (χ0n) is 35.6. The SMILES string of the molecule is CCCCCCCCCC/C=C\CCCCCCCCCCCCCCCC(=O)OCC(COC(=O)CCCCCCC)OC(=O)CCCCCCC. The van der Waals surface area contributed by atoms with Gasteiger partial charge in [-0.15, -0.1) is 0 Å². The van der Waals surface area contributed by atoms with Crippen LogP contribution in [0.3, 0.4) is 0 Å². The van der Waals surface area contributed by atoms with Gasteiger partial charge in [-0.1, -0.05) is 200 Å². The Morgan fingerprint density at radius 3 is 0.943 bits per heavy atom. The Balaban J connectivity index is 3.84. The first-order chi connectivity index (χ1) is 26.0. The highest BCUT2D eigenvalue weighted by atomic mass is 16.6. The third kappa shape index (κ3) is 41.2. The molecule has 6 nitrogen and oxygen atoms in total. The van der Waals surface area contributed by atoms with Gasteiger partial charge >= 0.3 is 17.9 Å². The van der Waals surface area contributed by atoms with E-state index in [4.69, 9.17) is 14.2 Å². The summed E-state index contributed by atoms with van der Waals surface area (Å²) in [4.78, 5) is 37.1. The third-order valence-corrected chi connectivity index (χ3v) is 10.3. The van der Waals surface area contributed by atoms with Gasteiger partial charge in [0.2, 0.25) is 0 Å². The molecule has 1 unspecified atom stereocenters. The number of carbonyl (C=O) groups is 3. The lowest BCUT2D eigenvalue weighted by Gasteiger charge is -2.18. The van der Waals surface area contributed by atoms with Gasteiger partial charge in [-0.25, -0.2) is 0 Å². The molecule has 0 aliphatic heterocycles. The van der Waals surface area contributed by atoms with Gasteiger partial charge in [0.15, 0.2) is 6.10 Å². The molecular weight excluding hydrogens is 661 g/mol. The lowest BCUT2D eigenvalue weighted by Crippen LogP contribution is -2.30. The van der Waals surface area contributed by atoms with Crippen LogP contribution in [-0.4, -0.2) is 37.2 Å². The molecule has 0 radical (unpaired) electrons. The van der Waals surface area contributed by atoms with E-state index in [0.29, 0.717) is 19.3 Å². The molecule has 6 heteroatoms. The molecular formula is C47H88O6. The topological polar surface area (TPSA) is 78.9 Å². The molecule has 0 amide bonds. The molecule has 0 spiro atoms. The zero-order valence-corrected chi connectivity index (χ0v) is 35.6. The van der Waals surface area contributed by atoms with Crippen molar-refractivity contribution in [3.8, 4) is 0 Å². The number of unbranched alkanes of at least 4 members (excludes halogenated alkanes) is 29. The van der Waals surface area contributed by atoms with Gasteiger partial charge in [0.05, 0.1) is 0 Å². The van der Waals surface area contributed by atoms with Crippen LogP contribution in [0.2, 0.25) is 0 Å². The molecule has 312 valence electrons. The predicted molar refractivity (Wildman–Crippen MR) is 224 cm³/mol. The molecule has 53 heavy (non-hydrogen) atoms. The zero-order chi connectivity index (χ0) is 38.7. The van der Waals surface area contributed by atoms with E-state index in [1.807, 2.05) is 0 Å². The van der Waals surface area contributed by atoms with E-state index < -0.39 is 6.10 Å². The van der Waals surface area contributed by atoms with E-state index in [9.17, 15) is 14.4 Å². The summed E-state index contributed by atoms with van der Waals surface area (Å²) in [5.41, 5.74) is 0. The maximum Gasteiger partial charge on any atom is 0.306 e. The van der Waals surface area contributed by atoms with Crippen LogP contribution in [0.25, 0.3) is 0 Å². The number of esters is 3. The molecule has 0 aliphatic carbocycles. The van der Waals surface area contributed by atoms with E-state index in [-0.39, 0.29) is 31.1 Å². The average Bonchev–Trinajstić information content (AvgIpc) is 3.15. The standard InChI is InChI=1S/C47H88O6/c1-4-7-10-13-14-15-16-17-18-19-20-21-22-23-24-25-26-27-28-29-30-31-32-35-37-40-46(49)52-43-44(53-47(50)41-38-34-12-9-6-3)42-51-45(48)39-36-33-11-8-5-2/h19-20,44H,4-18,21-43H2,1-3H3/b20-19-. The Kier molecular flexibility index (Phi) is 41.4. The van der Waals surface area contributed by atoms with Crippen molar-refractivity contribution in [1.82, 2.24) is 0 Å². The van der Waals surface area contributed by atoms with Crippen LogP contribution in [0.15, 0.2) is 12.2 Å². The minimum absolute atomic E-state index is 0.0685. The van der Waals surface area contributed by atoms with Gasteiger partial charge in [0.1, 0.15) is 13.2 Å². The lowest BCUT2D eigenvalue weighted by atomic mass is 10.0. The molecule has 0 fully saturated rings. The van der Waals surface area contributed by atoms with Crippen molar-refractivity contribution in [2.45, 2.75) is 258 Å². The molecule has 0 heterocycles. The van der Waals surface area contributed by atoms with E-state index in [1.54, 1.807) is 0 Å². The second-order valence-electron chi connectivity index (χ2n) is 15.7. The van der Waals surface area contributed by atoms with Crippen molar-refractivity contribution in [2.24, 2.45) is 0 Å². The summed E-state index contributed by atoms with van der Waals surface area (Å²) in [6.07, 6.45) is 45.7. The van der Waals surface area contributed by atoms with Gasteiger partial charge in [0.25, 0.3) is 0 Å². The maximum absolute atomic E-state index is 12.4. The Hall–Kier alpha value is -1.85. The van der Waals surface area contributed by atoms with Crippen LogP contribution in [0.5, 0.6) is 0 Å². The number of hydrogen-bond donors (Lipinski definition) is 0. The Morgan fingerprint density at radius 2 is 0.623 bits per heavy atom. The molecule has 0 saturated heterocycles. The van der Waals surface area contributed by atoms with E-state index in [0.717, 1.165) is 70.6 Å². The van der Waals surface area contributed by atoms with Crippen LogP contribution in [0.4, 0.5) is 0 Å². The average molecular weight is 749 g/mol. The smallest absolute Gasteiger partial charge is 0.306 e. The molecule has 0 aromatic rings. The molecule has 0 N–H and O–H groups in total. The van der Waals surface area contributed by atoms with Crippen molar-refractivity contribution in [3.05, 3.63) is 12.2 Å². The second-order valence-corrected chi connectivity index (χ2v) is 15.7. The Morgan fingerprint density at radius 1 is 0.358 bits per heavy atom. The van der Waals surface area contributed by atoms with E-state index in [1.165, 1.54) is 141 Å². The van der Waals surface area contributed by atoms with E-state index >= 15 is 0 Å². The molecule has 0 saturated carbocycles. The molecule has 0 aliphatic rings. The van der Waals surface area contributed by atoms with Crippen LogP contribution in [0, 0.1) is 0 Å². The van der Waals surface area contributed by atoms with Crippen LogP contribution >= 0.6 is 0 Å². The molecule has 0 aromatic carbocycles. The number of allylic oxidation sites excluding steroid dienone is 2. The van der Waals surface area contributed by atoms with Crippen molar-refractivity contribution in [2.75, 3.05) is 13.2 Å². The first-order valence-corrected chi connectivity index (χ1v) is 23.2. The highest BCUT2D eigenvalue weighted by Gasteiger charge is 2.19. The van der Waals surface area contributed by atoms with Gasteiger partial charge in [-0.05, 0) is 44.9 Å². The lowest BCUT2D eigenvalue weighted by molar-refractivity contribution is -0.167. The van der Waals surface area contributed by atoms with Crippen LogP contribution < -0.4 is 0 Å². The highest BCUT2D eigenvalue weighted by molar-refractivity contribution is 5.71. The van der Waals surface area contributed by atoms with Crippen molar-refractivity contribution in [1.29, 1.82) is 0 Å². The van der Waals surface area contributed by atoms with Gasteiger partial charge < -0.3 is 14.2 Å². The summed E-state index contributed by atoms with van der Waals surface area (Å²) in [6.45, 7) is 6.47. The summed E-state index contributed by atoms with van der Waals surface area (Å²) < 4.78 is 16.5. The van der Waals surface area contributed by atoms with Gasteiger partial charge in [-0.3, -0.25) is 14.4 Å². The van der Waals surface area contributed by atoms with Gasteiger partial charge in [-0.2, -0.15) is 0 Å². The quantitative estimate of drug-likeness (QED) is 0.0268. The molecule has 1 atom stereocenters. The fourth-order valence-corrected chi connectivity index (χ4v) is 6.73. The molecule has 0 bridgehead atoms. The fraction of sp³-hybridized carbons (Fsp3) is 0.894. The van der Waals surface area contributed by atoms with E-state index in [2.05, 4.69) is 32.9 Å². The number of ether oxygens (including phenoxy) is 3. The number of carbonyl (C=O) groups excluding carboxylic acids is 3. The number of hydrogen-bond acceptors (Lipinski definition) is 6. The Bertz CT molecular complexity index is 824. The summed E-state index contributed by atoms with van der Waals surface area (Å²) in [5.74, 6) is -0.892. The summed E-state index contributed by atoms with van der Waals surface area (Å²) in [6, 6.07) is 0. The monoisotopic (exact) mass is 749 g/mol. The minimum Gasteiger partial charge on any atom is -0.462 e. The van der Waals surface area contributed by atoms with Crippen molar-refractivity contribution < 1.29 is 28.6 Å². The fourth-order valence-electron chi connectivity index (χ4n) is 6.73. The molecule has 0 rings (SSSR count). The first-order valence-electron chi connectivity index (χ1n) is 23.2. The highest BCUT2D eigenvalue weighted by Crippen LogP contribution is 2.15. The maximum atomic E-state index is 12.4. The normalized spacial score (nSPS) is 12.0. The van der Waals surface area contributed by atoms with Crippen molar-refractivity contribution >= 4 is 17.9 Å². The third-order valence-electron chi connectivity index (χ3n) is 10.3. The van der Waals surface area contributed by atoms with Crippen LogP contribution in [0.1, 0.15) is 252 Å². The first kappa shape index (κ1) is 51.1. The Labute approximate surface area is 329 Å². The van der Waals surface area contributed by atoms with Crippen LogP contribution in [-0.2, 0) is 28.6 Å². The van der Waals surface area contributed by atoms with Gasteiger partial charge in [0, 0.05) is 19.3 Å². The van der Waals surface area contributed by atoms with Crippen molar-refractivity contribution in [3.63, 3.8) is 0 Å². The summed E-state index contributed by atoms with van der Waals surface area (Å²) in [7, 11) is 0. The summed E-state index contributed by atoms with van der Waals surface area (Å²) >= 11 is 0. The second kappa shape index (κ2) is 42.9. The largest absolute Gasteiger partial charge is 0.462 e. The number of rotatable bonds is 42. The predicted octanol–water partition coefficient (Wildman–Crippen LogP) is 14.6.